The molecule has 0 aromatic carbocycles. The van der Waals surface area contributed by atoms with Crippen LogP contribution in [-0.2, 0) is 4.74 Å². The average molecular weight is 308 g/mol. The summed E-state index contributed by atoms with van der Waals surface area (Å²) in [6.45, 7) is 9.25. The molecule has 4 nitrogen and oxygen atoms in total. The van der Waals surface area contributed by atoms with E-state index in [1.807, 2.05) is 44.9 Å². The van der Waals surface area contributed by atoms with Gasteiger partial charge in [0.2, 0.25) is 0 Å². The second-order valence-corrected chi connectivity index (χ2v) is 7.80. The predicted octanol–water partition coefficient (Wildman–Crippen LogP) is 3.88. The van der Waals surface area contributed by atoms with E-state index in [2.05, 4.69) is 11.1 Å². The van der Waals surface area contributed by atoms with Gasteiger partial charge in [-0.05, 0) is 52.2 Å². The van der Waals surface area contributed by atoms with Crippen LogP contribution in [0.25, 0.3) is 0 Å². The van der Waals surface area contributed by atoms with E-state index in [1.54, 1.807) is 11.8 Å². The minimum absolute atomic E-state index is 0.204. The topological polar surface area (TPSA) is 42.4 Å². The van der Waals surface area contributed by atoms with Crippen molar-refractivity contribution in [2.75, 3.05) is 13.1 Å². The first-order chi connectivity index (χ1) is 9.83. The van der Waals surface area contributed by atoms with Gasteiger partial charge in [-0.2, -0.15) is 0 Å². The van der Waals surface area contributed by atoms with E-state index in [9.17, 15) is 4.79 Å². The molecule has 1 atom stereocenters. The van der Waals surface area contributed by atoms with Gasteiger partial charge in [0, 0.05) is 24.5 Å². The number of aromatic nitrogens is 1. The van der Waals surface area contributed by atoms with E-state index in [-0.39, 0.29) is 6.09 Å². The zero-order valence-electron chi connectivity index (χ0n) is 13.3. The van der Waals surface area contributed by atoms with Gasteiger partial charge in [0.05, 0.1) is 5.03 Å². The SMILES string of the molecule is Cc1ccc(S[C@H]2CCCN(C(=O)OC(C)(C)C)C2)nc1. The molecule has 0 radical (unpaired) electrons. The fourth-order valence-corrected chi connectivity index (χ4v) is 3.36. The molecule has 116 valence electrons. The number of amides is 1. The molecular formula is C16H24N2O2S. The first-order valence-electron chi connectivity index (χ1n) is 7.41. The highest BCUT2D eigenvalue weighted by atomic mass is 32.2. The minimum Gasteiger partial charge on any atom is -0.444 e. The van der Waals surface area contributed by atoms with E-state index in [1.165, 1.54) is 5.56 Å². The molecule has 1 aliphatic rings. The van der Waals surface area contributed by atoms with E-state index >= 15 is 0 Å². The summed E-state index contributed by atoms with van der Waals surface area (Å²) in [5.74, 6) is 0. The summed E-state index contributed by atoms with van der Waals surface area (Å²) in [6.07, 6.45) is 3.81. The van der Waals surface area contributed by atoms with Crippen LogP contribution in [0, 0.1) is 6.92 Å². The van der Waals surface area contributed by atoms with Crippen molar-refractivity contribution in [2.45, 2.75) is 56.4 Å². The Labute approximate surface area is 131 Å². The quantitative estimate of drug-likeness (QED) is 0.831. The molecule has 0 bridgehead atoms. The Morgan fingerprint density at radius 1 is 1.43 bits per heavy atom. The largest absolute Gasteiger partial charge is 0.444 e. The highest BCUT2D eigenvalue weighted by molar-refractivity contribution is 7.99. The van der Waals surface area contributed by atoms with Gasteiger partial charge in [-0.15, -0.1) is 11.8 Å². The summed E-state index contributed by atoms with van der Waals surface area (Å²) in [5, 5.41) is 1.41. The van der Waals surface area contributed by atoms with Crippen LogP contribution in [0.1, 0.15) is 39.2 Å². The van der Waals surface area contributed by atoms with Crippen LogP contribution in [0.5, 0.6) is 0 Å². The standard InChI is InChI=1S/C16H24N2O2S/c1-12-7-8-14(17-10-12)21-13-6-5-9-18(11-13)15(19)20-16(2,3)4/h7-8,10,13H,5-6,9,11H2,1-4H3/t13-/m0/s1. The number of hydrogen-bond donors (Lipinski definition) is 0. The predicted molar refractivity (Wildman–Crippen MR) is 85.7 cm³/mol. The van der Waals surface area contributed by atoms with Crippen LogP contribution in [-0.4, -0.2) is 39.9 Å². The monoisotopic (exact) mass is 308 g/mol. The van der Waals surface area contributed by atoms with Gasteiger partial charge in [-0.1, -0.05) is 6.07 Å². The second kappa shape index (κ2) is 6.69. The van der Waals surface area contributed by atoms with Crippen molar-refractivity contribution in [2.24, 2.45) is 0 Å². The first kappa shape index (κ1) is 16.1. The van der Waals surface area contributed by atoms with Crippen LogP contribution in [0.4, 0.5) is 4.79 Å². The van der Waals surface area contributed by atoms with Gasteiger partial charge in [0.1, 0.15) is 5.60 Å². The normalized spacial score (nSPS) is 19.4. The summed E-state index contributed by atoms with van der Waals surface area (Å²) in [6, 6.07) is 4.12. The summed E-state index contributed by atoms with van der Waals surface area (Å²) in [4.78, 5) is 18.4. The first-order valence-corrected chi connectivity index (χ1v) is 8.29. The maximum Gasteiger partial charge on any atom is 0.410 e. The third-order valence-electron chi connectivity index (χ3n) is 3.20. The zero-order chi connectivity index (χ0) is 15.5. The Hall–Kier alpha value is -1.23. The van der Waals surface area contributed by atoms with Gasteiger partial charge >= 0.3 is 6.09 Å². The number of nitrogens with zero attached hydrogens (tertiary/aromatic N) is 2. The molecule has 21 heavy (non-hydrogen) atoms. The summed E-state index contributed by atoms with van der Waals surface area (Å²) in [7, 11) is 0. The number of carbonyl (C=O) groups is 1. The number of hydrogen-bond acceptors (Lipinski definition) is 4. The van der Waals surface area contributed by atoms with Crippen molar-refractivity contribution < 1.29 is 9.53 Å². The van der Waals surface area contributed by atoms with Crippen molar-refractivity contribution in [3.63, 3.8) is 0 Å². The van der Waals surface area contributed by atoms with Crippen molar-refractivity contribution in [1.82, 2.24) is 9.88 Å². The molecule has 5 heteroatoms. The molecule has 1 aromatic rings. The summed E-state index contributed by atoms with van der Waals surface area (Å²) >= 11 is 1.75. The molecular weight excluding hydrogens is 284 g/mol. The lowest BCUT2D eigenvalue weighted by Gasteiger charge is -2.33. The maximum atomic E-state index is 12.1. The van der Waals surface area contributed by atoms with E-state index < -0.39 is 5.60 Å². The lowest BCUT2D eigenvalue weighted by molar-refractivity contribution is 0.0220. The molecule has 1 fully saturated rings. The molecule has 0 unspecified atom stereocenters. The highest BCUT2D eigenvalue weighted by Crippen LogP contribution is 2.28. The molecule has 0 aliphatic carbocycles. The molecule has 0 spiro atoms. The van der Waals surface area contributed by atoms with Crippen LogP contribution in [0.15, 0.2) is 23.4 Å². The number of ether oxygens (including phenoxy) is 1. The molecule has 2 heterocycles. The van der Waals surface area contributed by atoms with Crippen LogP contribution < -0.4 is 0 Å². The molecule has 1 aliphatic heterocycles. The highest BCUT2D eigenvalue weighted by Gasteiger charge is 2.28. The Bertz CT molecular complexity index is 482. The Balaban J connectivity index is 1.91. The molecule has 1 saturated heterocycles. The molecule has 1 aromatic heterocycles. The molecule has 2 rings (SSSR count). The van der Waals surface area contributed by atoms with Gasteiger partial charge in [-0.25, -0.2) is 9.78 Å². The Morgan fingerprint density at radius 2 is 2.19 bits per heavy atom. The number of thioether (sulfide) groups is 1. The van der Waals surface area contributed by atoms with Crippen molar-refractivity contribution in [3.05, 3.63) is 23.9 Å². The third kappa shape index (κ3) is 5.23. The van der Waals surface area contributed by atoms with Gasteiger partial charge < -0.3 is 9.64 Å². The van der Waals surface area contributed by atoms with Crippen molar-refractivity contribution in [1.29, 1.82) is 0 Å². The van der Waals surface area contributed by atoms with E-state index in [0.29, 0.717) is 5.25 Å². The van der Waals surface area contributed by atoms with Gasteiger partial charge in [0.15, 0.2) is 0 Å². The Morgan fingerprint density at radius 3 is 2.81 bits per heavy atom. The molecule has 1 amide bonds. The zero-order valence-corrected chi connectivity index (χ0v) is 14.1. The number of likely N-dealkylation sites (tertiary alicyclic amines) is 1. The fourth-order valence-electron chi connectivity index (χ4n) is 2.22. The van der Waals surface area contributed by atoms with E-state index in [0.717, 1.165) is 31.0 Å². The average Bonchev–Trinajstić information content (AvgIpc) is 2.40. The van der Waals surface area contributed by atoms with Gasteiger partial charge in [0.25, 0.3) is 0 Å². The number of rotatable bonds is 2. The van der Waals surface area contributed by atoms with Crippen LogP contribution in [0.2, 0.25) is 0 Å². The second-order valence-electron chi connectivity index (χ2n) is 6.48. The van der Waals surface area contributed by atoms with E-state index in [4.69, 9.17) is 4.74 Å². The lowest BCUT2D eigenvalue weighted by atomic mass is 10.1. The van der Waals surface area contributed by atoms with Crippen molar-refractivity contribution in [3.8, 4) is 0 Å². The number of pyridine rings is 1. The molecule has 0 saturated carbocycles. The van der Waals surface area contributed by atoms with Crippen molar-refractivity contribution >= 4 is 17.9 Å². The third-order valence-corrected chi connectivity index (χ3v) is 4.40. The summed E-state index contributed by atoms with van der Waals surface area (Å²) < 4.78 is 5.45. The van der Waals surface area contributed by atoms with Gasteiger partial charge in [-0.3, -0.25) is 0 Å². The minimum atomic E-state index is -0.435. The fraction of sp³-hybridized carbons (Fsp3) is 0.625. The number of carbonyl (C=O) groups excluding carboxylic acids is 1. The number of aryl methyl sites for hydroxylation is 1. The Kier molecular flexibility index (Phi) is 5.14. The summed E-state index contributed by atoms with van der Waals surface area (Å²) in [5.41, 5.74) is 0.730. The number of piperidine rings is 1. The maximum absolute atomic E-state index is 12.1. The molecule has 0 N–H and O–H groups in total. The van der Waals surface area contributed by atoms with Crippen LogP contribution in [0.3, 0.4) is 0 Å². The lowest BCUT2D eigenvalue weighted by Crippen LogP contribution is -2.43. The smallest absolute Gasteiger partial charge is 0.410 e. The van der Waals surface area contributed by atoms with Crippen LogP contribution >= 0.6 is 11.8 Å².